The zero-order valence-corrected chi connectivity index (χ0v) is 26.1. The molecule has 0 spiro atoms. The van der Waals surface area contributed by atoms with Gasteiger partial charge in [-0.3, -0.25) is 0 Å². The third-order valence-electron chi connectivity index (χ3n) is 8.49. The summed E-state index contributed by atoms with van der Waals surface area (Å²) >= 11 is 0. The monoisotopic (exact) mass is 593 g/mol. The number of nitrogens with zero attached hydrogens (tertiary/aromatic N) is 1. The standard InChI is InChI=1S/C44H35NO/c1-32-13-24-40(25-14-32)45(41-26-19-36(20-27-41)35-17-15-34(16-18-35)33-9-5-3-6-10-33)42-28-21-37(22-29-42)39-23-30-44(46-2)43(31-39)38-11-7-4-8-12-38/h3-31H,1-2H3. The number of rotatable bonds is 8. The average molecular weight is 594 g/mol. The summed E-state index contributed by atoms with van der Waals surface area (Å²) < 4.78 is 5.70. The van der Waals surface area contributed by atoms with Crippen LogP contribution in [-0.2, 0) is 0 Å². The molecule has 0 aliphatic carbocycles. The van der Waals surface area contributed by atoms with Gasteiger partial charge in [-0.25, -0.2) is 0 Å². The average Bonchev–Trinajstić information content (AvgIpc) is 3.14. The molecule has 7 aromatic carbocycles. The van der Waals surface area contributed by atoms with E-state index in [-0.39, 0.29) is 0 Å². The quantitative estimate of drug-likeness (QED) is 0.174. The molecular formula is C44H35NO. The van der Waals surface area contributed by atoms with E-state index >= 15 is 0 Å². The fourth-order valence-corrected chi connectivity index (χ4v) is 5.96. The first-order valence-electron chi connectivity index (χ1n) is 15.6. The predicted molar refractivity (Wildman–Crippen MR) is 194 cm³/mol. The fourth-order valence-electron chi connectivity index (χ4n) is 5.96. The van der Waals surface area contributed by atoms with E-state index in [0.29, 0.717) is 0 Å². The van der Waals surface area contributed by atoms with Crippen LogP contribution in [0.15, 0.2) is 176 Å². The predicted octanol–water partition coefficient (Wildman–Crippen LogP) is 12.1. The highest BCUT2D eigenvalue weighted by molar-refractivity contribution is 5.82. The molecule has 0 fully saturated rings. The second-order valence-electron chi connectivity index (χ2n) is 11.5. The van der Waals surface area contributed by atoms with Gasteiger partial charge < -0.3 is 9.64 Å². The first-order chi connectivity index (χ1) is 22.7. The van der Waals surface area contributed by atoms with Crippen LogP contribution in [0, 0.1) is 6.92 Å². The number of anilines is 3. The summed E-state index contributed by atoms with van der Waals surface area (Å²) in [6.45, 7) is 2.12. The van der Waals surface area contributed by atoms with Crippen LogP contribution < -0.4 is 9.64 Å². The van der Waals surface area contributed by atoms with E-state index in [1.807, 2.05) is 6.07 Å². The topological polar surface area (TPSA) is 12.5 Å². The van der Waals surface area contributed by atoms with Crippen LogP contribution in [0.2, 0.25) is 0 Å². The number of ether oxygens (including phenoxy) is 1. The van der Waals surface area contributed by atoms with Gasteiger partial charge in [-0.15, -0.1) is 0 Å². The first kappa shape index (κ1) is 28.9. The van der Waals surface area contributed by atoms with Crippen LogP contribution >= 0.6 is 0 Å². The Morgan fingerprint density at radius 1 is 0.370 bits per heavy atom. The molecule has 7 aromatic rings. The van der Waals surface area contributed by atoms with Crippen molar-refractivity contribution in [2.45, 2.75) is 6.92 Å². The van der Waals surface area contributed by atoms with E-state index in [1.54, 1.807) is 7.11 Å². The van der Waals surface area contributed by atoms with Crippen molar-refractivity contribution in [1.29, 1.82) is 0 Å². The first-order valence-corrected chi connectivity index (χ1v) is 15.6. The molecule has 0 amide bonds. The van der Waals surface area contributed by atoms with Crippen LogP contribution in [0.4, 0.5) is 17.1 Å². The number of methoxy groups -OCH3 is 1. The van der Waals surface area contributed by atoms with Gasteiger partial charge in [0.15, 0.2) is 0 Å². The Kier molecular flexibility index (Phi) is 8.17. The smallest absolute Gasteiger partial charge is 0.126 e. The Balaban J connectivity index is 1.20. The Hall–Kier alpha value is -5.86. The van der Waals surface area contributed by atoms with Crippen LogP contribution in [-0.4, -0.2) is 7.11 Å². The van der Waals surface area contributed by atoms with Crippen molar-refractivity contribution in [3.8, 4) is 50.3 Å². The molecule has 0 saturated heterocycles. The highest BCUT2D eigenvalue weighted by atomic mass is 16.5. The summed E-state index contributed by atoms with van der Waals surface area (Å²) in [5, 5.41) is 0. The maximum absolute atomic E-state index is 5.70. The molecule has 0 aliphatic heterocycles. The van der Waals surface area contributed by atoms with E-state index in [0.717, 1.165) is 45.1 Å². The van der Waals surface area contributed by atoms with Gasteiger partial charge in [0.05, 0.1) is 7.11 Å². The Bertz CT molecular complexity index is 2030. The van der Waals surface area contributed by atoms with Gasteiger partial charge in [0, 0.05) is 22.6 Å². The van der Waals surface area contributed by atoms with Gasteiger partial charge >= 0.3 is 0 Å². The maximum Gasteiger partial charge on any atom is 0.126 e. The molecular weight excluding hydrogens is 558 g/mol. The van der Waals surface area contributed by atoms with Gasteiger partial charge in [0.1, 0.15) is 5.75 Å². The Labute approximate surface area is 271 Å². The summed E-state index contributed by atoms with van der Waals surface area (Å²) in [5.74, 6) is 0.868. The molecule has 2 nitrogen and oxygen atoms in total. The molecule has 0 bridgehead atoms. The maximum atomic E-state index is 5.70. The zero-order chi connectivity index (χ0) is 31.3. The minimum absolute atomic E-state index is 0.868. The second-order valence-corrected chi connectivity index (χ2v) is 11.5. The lowest BCUT2D eigenvalue weighted by atomic mass is 9.97. The lowest BCUT2D eigenvalue weighted by molar-refractivity contribution is 0.416. The molecule has 0 aromatic heterocycles. The molecule has 0 N–H and O–H groups in total. The fraction of sp³-hybridized carbons (Fsp3) is 0.0455. The molecule has 0 heterocycles. The van der Waals surface area contributed by atoms with Gasteiger partial charge in [-0.2, -0.15) is 0 Å². The third-order valence-corrected chi connectivity index (χ3v) is 8.49. The van der Waals surface area contributed by atoms with E-state index in [2.05, 4.69) is 182 Å². The second kappa shape index (κ2) is 13.0. The minimum Gasteiger partial charge on any atom is -0.496 e. The lowest BCUT2D eigenvalue weighted by Crippen LogP contribution is -2.09. The Morgan fingerprint density at radius 3 is 1.22 bits per heavy atom. The van der Waals surface area contributed by atoms with E-state index < -0.39 is 0 Å². The molecule has 7 rings (SSSR count). The largest absolute Gasteiger partial charge is 0.496 e. The van der Waals surface area contributed by atoms with Crippen LogP contribution in [0.5, 0.6) is 5.75 Å². The zero-order valence-electron chi connectivity index (χ0n) is 26.1. The van der Waals surface area contributed by atoms with Gasteiger partial charge in [0.2, 0.25) is 0 Å². The Morgan fingerprint density at radius 2 is 0.739 bits per heavy atom. The highest BCUT2D eigenvalue weighted by Crippen LogP contribution is 2.38. The summed E-state index contributed by atoms with van der Waals surface area (Å²) in [6.07, 6.45) is 0. The summed E-state index contributed by atoms with van der Waals surface area (Å²) in [7, 11) is 1.73. The summed E-state index contributed by atoms with van der Waals surface area (Å²) in [5.41, 5.74) is 13.9. The third kappa shape index (κ3) is 6.06. The molecule has 0 atom stereocenters. The van der Waals surface area contributed by atoms with Crippen molar-refractivity contribution in [3.05, 3.63) is 181 Å². The van der Waals surface area contributed by atoms with E-state index in [4.69, 9.17) is 4.74 Å². The molecule has 2 heteroatoms. The normalized spacial score (nSPS) is 10.8. The molecule has 0 saturated carbocycles. The van der Waals surface area contributed by atoms with E-state index in [1.165, 1.54) is 27.8 Å². The number of aryl methyl sites for hydroxylation is 1. The van der Waals surface area contributed by atoms with Gasteiger partial charge in [-0.05, 0) is 94.4 Å². The van der Waals surface area contributed by atoms with Gasteiger partial charge in [-0.1, -0.05) is 133 Å². The molecule has 0 radical (unpaired) electrons. The van der Waals surface area contributed by atoms with Gasteiger partial charge in [0.25, 0.3) is 0 Å². The lowest BCUT2D eigenvalue weighted by Gasteiger charge is -2.26. The molecule has 0 aliphatic rings. The van der Waals surface area contributed by atoms with Crippen LogP contribution in [0.1, 0.15) is 5.56 Å². The molecule has 222 valence electrons. The summed E-state index contributed by atoms with van der Waals surface area (Å²) in [6, 6.07) is 62.5. The highest BCUT2D eigenvalue weighted by Gasteiger charge is 2.14. The van der Waals surface area contributed by atoms with Crippen molar-refractivity contribution < 1.29 is 4.74 Å². The van der Waals surface area contributed by atoms with Crippen molar-refractivity contribution >= 4 is 17.1 Å². The minimum atomic E-state index is 0.868. The SMILES string of the molecule is COc1ccc(-c2ccc(N(c3ccc(C)cc3)c3ccc(-c4ccc(-c5ccccc5)cc4)cc3)cc2)cc1-c1ccccc1. The number of hydrogen-bond acceptors (Lipinski definition) is 2. The number of benzene rings is 7. The van der Waals surface area contributed by atoms with Crippen molar-refractivity contribution in [1.82, 2.24) is 0 Å². The van der Waals surface area contributed by atoms with E-state index in [9.17, 15) is 0 Å². The molecule has 0 unspecified atom stereocenters. The number of hydrogen-bond donors (Lipinski definition) is 0. The van der Waals surface area contributed by atoms with Crippen molar-refractivity contribution in [2.24, 2.45) is 0 Å². The van der Waals surface area contributed by atoms with Crippen LogP contribution in [0.3, 0.4) is 0 Å². The molecule has 46 heavy (non-hydrogen) atoms. The van der Waals surface area contributed by atoms with Crippen molar-refractivity contribution in [3.63, 3.8) is 0 Å². The summed E-state index contributed by atoms with van der Waals surface area (Å²) in [4.78, 5) is 2.31. The van der Waals surface area contributed by atoms with Crippen LogP contribution in [0.25, 0.3) is 44.5 Å². The van der Waals surface area contributed by atoms with Crippen molar-refractivity contribution in [2.75, 3.05) is 12.0 Å².